The van der Waals surface area contributed by atoms with Crippen molar-refractivity contribution < 1.29 is 0 Å². The Kier molecular flexibility index (Phi) is 5.53. The summed E-state index contributed by atoms with van der Waals surface area (Å²) in [5.41, 5.74) is 1.18. The highest BCUT2D eigenvalue weighted by atomic mass is 14.9. The largest absolute Gasteiger partial charge is 0.390 e. The van der Waals surface area contributed by atoms with E-state index in [0.717, 1.165) is 6.42 Å². The van der Waals surface area contributed by atoms with Crippen LogP contribution in [0.4, 0.5) is 0 Å². The molecule has 0 spiro atoms. The minimum atomic E-state index is 0.522. The van der Waals surface area contributed by atoms with Crippen LogP contribution in [0, 0.1) is 5.92 Å². The number of hydrogen-bond donors (Lipinski definition) is 1. The first-order chi connectivity index (χ1) is 5.22. The molecule has 0 radical (unpaired) electrons. The first kappa shape index (κ1) is 10.2. The highest BCUT2D eigenvalue weighted by Gasteiger charge is 1.97. The van der Waals surface area contributed by atoms with Crippen molar-refractivity contribution in [1.82, 2.24) is 5.32 Å². The van der Waals surface area contributed by atoms with E-state index in [1.165, 1.54) is 5.70 Å². The highest BCUT2D eigenvalue weighted by Crippen LogP contribution is 2.04. The molecular formula is C9H18N2. The van der Waals surface area contributed by atoms with E-state index in [9.17, 15) is 0 Å². The van der Waals surface area contributed by atoms with Crippen LogP contribution in [-0.2, 0) is 0 Å². The van der Waals surface area contributed by atoms with Crippen molar-refractivity contribution in [2.45, 2.75) is 27.2 Å². The second kappa shape index (κ2) is 5.96. The van der Waals surface area contributed by atoms with Gasteiger partial charge in [0.1, 0.15) is 0 Å². The third-order valence-electron chi connectivity index (χ3n) is 1.41. The van der Waals surface area contributed by atoms with Crippen LogP contribution in [0.15, 0.2) is 16.9 Å². The number of aliphatic imine (C=N–C) groups is 1. The van der Waals surface area contributed by atoms with Crippen LogP contribution in [0.1, 0.15) is 27.2 Å². The summed E-state index contributed by atoms with van der Waals surface area (Å²) in [6, 6.07) is 0. The van der Waals surface area contributed by atoms with Gasteiger partial charge in [-0.05, 0) is 12.3 Å². The van der Waals surface area contributed by atoms with Gasteiger partial charge in [-0.25, -0.2) is 0 Å². The van der Waals surface area contributed by atoms with E-state index in [2.05, 4.69) is 31.1 Å². The molecule has 1 N–H and O–H groups in total. The Bertz CT molecular complexity index is 146. The Balaban J connectivity index is 4.01. The fourth-order valence-corrected chi connectivity index (χ4v) is 0.741. The summed E-state index contributed by atoms with van der Waals surface area (Å²) in [5.74, 6) is 0.522. The standard InChI is InChI=1S/C9H18N2/c1-5-6-11-7-9(10-4)8(2)3/h6-8,10H,5H2,1-4H3/b9-7-,11-6-. The van der Waals surface area contributed by atoms with E-state index in [-0.39, 0.29) is 0 Å². The summed E-state index contributed by atoms with van der Waals surface area (Å²) in [6.45, 7) is 6.36. The molecule has 0 saturated carbocycles. The second-order valence-electron chi connectivity index (χ2n) is 2.73. The lowest BCUT2D eigenvalue weighted by Gasteiger charge is -2.07. The van der Waals surface area contributed by atoms with Crippen LogP contribution < -0.4 is 5.32 Å². The molecule has 64 valence electrons. The lowest BCUT2D eigenvalue weighted by atomic mass is 10.1. The predicted octanol–water partition coefficient (Wildman–Crippen LogP) is 2.18. The van der Waals surface area contributed by atoms with Gasteiger partial charge in [0.05, 0.1) is 0 Å². The molecule has 11 heavy (non-hydrogen) atoms. The van der Waals surface area contributed by atoms with Crippen LogP contribution in [0.25, 0.3) is 0 Å². The fourth-order valence-electron chi connectivity index (χ4n) is 0.741. The Hall–Kier alpha value is -0.790. The van der Waals surface area contributed by atoms with Gasteiger partial charge in [-0.2, -0.15) is 0 Å². The summed E-state index contributed by atoms with van der Waals surface area (Å²) in [7, 11) is 1.92. The molecule has 0 fully saturated rings. The van der Waals surface area contributed by atoms with Gasteiger partial charge in [0.25, 0.3) is 0 Å². The van der Waals surface area contributed by atoms with Crippen molar-refractivity contribution in [3.8, 4) is 0 Å². The topological polar surface area (TPSA) is 24.4 Å². The molecule has 0 bridgehead atoms. The number of hydrogen-bond acceptors (Lipinski definition) is 2. The van der Waals surface area contributed by atoms with Gasteiger partial charge >= 0.3 is 0 Å². The zero-order chi connectivity index (χ0) is 8.69. The second-order valence-corrected chi connectivity index (χ2v) is 2.73. The van der Waals surface area contributed by atoms with Gasteiger partial charge in [-0.15, -0.1) is 0 Å². The van der Waals surface area contributed by atoms with Crippen LogP contribution in [0.5, 0.6) is 0 Å². The molecule has 0 aromatic rings. The van der Waals surface area contributed by atoms with E-state index in [1.807, 2.05) is 19.5 Å². The summed E-state index contributed by atoms with van der Waals surface area (Å²) >= 11 is 0. The quantitative estimate of drug-likeness (QED) is 0.617. The molecule has 0 aliphatic heterocycles. The molecule has 0 aromatic carbocycles. The van der Waals surface area contributed by atoms with E-state index >= 15 is 0 Å². The maximum atomic E-state index is 4.13. The van der Waals surface area contributed by atoms with E-state index < -0.39 is 0 Å². The van der Waals surface area contributed by atoms with Crippen LogP contribution in [-0.4, -0.2) is 13.3 Å². The number of allylic oxidation sites excluding steroid dienone is 1. The van der Waals surface area contributed by atoms with E-state index in [0.29, 0.717) is 5.92 Å². The fraction of sp³-hybridized carbons (Fsp3) is 0.667. The van der Waals surface area contributed by atoms with Gasteiger partial charge in [0, 0.05) is 25.2 Å². The Morgan fingerprint density at radius 1 is 1.55 bits per heavy atom. The summed E-state index contributed by atoms with van der Waals surface area (Å²) < 4.78 is 0. The number of rotatable bonds is 4. The number of nitrogens with zero attached hydrogens (tertiary/aromatic N) is 1. The lowest BCUT2D eigenvalue weighted by molar-refractivity contribution is 0.696. The molecule has 0 saturated heterocycles. The monoisotopic (exact) mass is 154 g/mol. The third kappa shape index (κ3) is 4.59. The van der Waals surface area contributed by atoms with Gasteiger partial charge in [-0.1, -0.05) is 20.8 Å². The maximum absolute atomic E-state index is 4.13. The molecule has 0 atom stereocenters. The Labute approximate surface area is 69.4 Å². The first-order valence-electron chi connectivity index (χ1n) is 4.11. The zero-order valence-electron chi connectivity index (χ0n) is 7.89. The van der Waals surface area contributed by atoms with Crippen molar-refractivity contribution in [2.24, 2.45) is 10.9 Å². The van der Waals surface area contributed by atoms with Crippen molar-refractivity contribution in [3.63, 3.8) is 0 Å². The molecule has 0 heterocycles. The van der Waals surface area contributed by atoms with Crippen molar-refractivity contribution in [3.05, 3.63) is 11.9 Å². The highest BCUT2D eigenvalue weighted by molar-refractivity contribution is 5.57. The molecule has 0 aliphatic carbocycles. The molecule has 0 aliphatic rings. The van der Waals surface area contributed by atoms with Gasteiger partial charge in [0.2, 0.25) is 0 Å². The predicted molar refractivity (Wildman–Crippen MR) is 50.8 cm³/mol. The SMILES string of the molecule is CC/C=N\C=C(/NC)C(C)C. The Morgan fingerprint density at radius 2 is 2.18 bits per heavy atom. The van der Waals surface area contributed by atoms with Crippen LogP contribution in [0.3, 0.4) is 0 Å². The molecular weight excluding hydrogens is 136 g/mol. The average molecular weight is 154 g/mol. The summed E-state index contributed by atoms with van der Waals surface area (Å²) in [5, 5.41) is 3.11. The lowest BCUT2D eigenvalue weighted by Crippen LogP contribution is -2.10. The third-order valence-corrected chi connectivity index (χ3v) is 1.41. The smallest absolute Gasteiger partial charge is 0.0456 e. The zero-order valence-corrected chi connectivity index (χ0v) is 7.89. The molecule has 0 unspecified atom stereocenters. The minimum absolute atomic E-state index is 0.522. The van der Waals surface area contributed by atoms with Crippen molar-refractivity contribution >= 4 is 6.21 Å². The van der Waals surface area contributed by atoms with Gasteiger partial charge < -0.3 is 5.32 Å². The number of nitrogens with one attached hydrogen (secondary N) is 1. The van der Waals surface area contributed by atoms with Gasteiger partial charge in [-0.3, -0.25) is 4.99 Å². The molecule has 2 nitrogen and oxygen atoms in total. The normalized spacial score (nSPS) is 13.0. The Morgan fingerprint density at radius 3 is 2.55 bits per heavy atom. The average Bonchev–Trinajstić information content (AvgIpc) is 1.97. The van der Waals surface area contributed by atoms with E-state index in [4.69, 9.17) is 0 Å². The summed E-state index contributed by atoms with van der Waals surface area (Å²) in [4.78, 5) is 4.13. The van der Waals surface area contributed by atoms with Gasteiger partial charge in [0.15, 0.2) is 0 Å². The van der Waals surface area contributed by atoms with Crippen molar-refractivity contribution in [2.75, 3.05) is 7.05 Å². The molecule has 0 amide bonds. The van der Waals surface area contributed by atoms with E-state index in [1.54, 1.807) is 0 Å². The van der Waals surface area contributed by atoms with Crippen LogP contribution >= 0.6 is 0 Å². The molecule has 0 aromatic heterocycles. The maximum Gasteiger partial charge on any atom is 0.0456 e. The molecule has 2 heteroatoms. The van der Waals surface area contributed by atoms with Crippen LogP contribution in [0.2, 0.25) is 0 Å². The van der Waals surface area contributed by atoms with Crippen molar-refractivity contribution in [1.29, 1.82) is 0 Å². The summed E-state index contributed by atoms with van der Waals surface area (Å²) in [6.07, 6.45) is 4.78. The minimum Gasteiger partial charge on any atom is -0.390 e. The first-order valence-corrected chi connectivity index (χ1v) is 4.11. The molecule has 0 rings (SSSR count).